The van der Waals surface area contributed by atoms with Gasteiger partial charge in [-0.1, -0.05) is 26.3 Å². The smallest absolute Gasteiger partial charge is 0.245 e. The minimum atomic E-state index is -3.76. The zero-order valence-electron chi connectivity index (χ0n) is 12.8. The number of hydrogen-bond acceptors (Lipinski definition) is 3. The van der Waals surface area contributed by atoms with Crippen LogP contribution in [0.4, 0.5) is 4.39 Å². The molecular weight excluding hydrogens is 291 g/mol. The minimum Gasteiger partial charge on any atom is -0.310 e. The molecule has 0 radical (unpaired) electrons. The van der Waals surface area contributed by atoms with E-state index in [1.165, 1.54) is 23.5 Å². The molecular formula is C15H23FN2O2S. The van der Waals surface area contributed by atoms with Crippen LogP contribution in [0.25, 0.3) is 0 Å². The van der Waals surface area contributed by atoms with E-state index >= 15 is 0 Å². The van der Waals surface area contributed by atoms with Gasteiger partial charge in [-0.05, 0) is 30.5 Å². The van der Waals surface area contributed by atoms with E-state index in [4.69, 9.17) is 0 Å². The summed E-state index contributed by atoms with van der Waals surface area (Å²) in [4.78, 5) is -0.222. The quantitative estimate of drug-likeness (QED) is 0.877. The average molecular weight is 314 g/mol. The zero-order valence-corrected chi connectivity index (χ0v) is 13.6. The van der Waals surface area contributed by atoms with Crippen LogP contribution in [0.2, 0.25) is 0 Å². The first kappa shape index (κ1) is 16.4. The number of benzene rings is 1. The molecule has 0 heterocycles. The summed E-state index contributed by atoms with van der Waals surface area (Å²) in [7, 11) is -2.22. The van der Waals surface area contributed by atoms with E-state index in [-0.39, 0.29) is 17.0 Å². The number of nitrogens with one attached hydrogen (secondary N) is 1. The Balaban J connectivity index is 2.26. The van der Waals surface area contributed by atoms with Gasteiger partial charge < -0.3 is 5.32 Å². The van der Waals surface area contributed by atoms with E-state index in [1.54, 1.807) is 6.07 Å². The Morgan fingerprint density at radius 3 is 2.57 bits per heavy atom. The van der Waals surface area contributed by atoms with Gasteiger partial charge in [0.15, 0.2) is 0 Å². The summed E-state index contributed by atoms with van der Waals surface area (Å²) in [5, 5.41) is 3.20. The summed E-state index contributed by atoms with van der Waals surface area (Å²) in [6, 6.07) is 4.58. The topological polar surface area (TPSA) is 49.4 Å². The van der Waals surface area contributed by atoms with Crippen LogP contribution in [0.1, 0.15) is 38.7 Å². The Hall–Kier alpha value is -0.980. The third kappa shape index (κ3) is 3.62. The molecule has 21 heavy (non-hydrogen) atoms. The summed E-state index contributed by atoms with van der Waals surface area (Å²) in [6.45, 7) is 4.53. The van der Waals surface area contributed by atoms with Gasteiger partial charge in [-0.3, -0.25) is 0 Å². The van der Waals surface area contributed by atoms with Crippen molar-refractivity contribution in [1.82, 2.24) is 9.62 Å². The molecule has 6 heteroatoms. The highest BCUT2D eigenvalue weighted by Gasteiger charge is 2.33. The van der Waals surface area contributed by atoms with Crippen molar-refractivity contribution in [1.29, 1.82) is 0 Å². The molecule has 0 saturated heterocycles. The standard InChI is InChI=1S/C15H23FN2O2S/c1-11(2)17-10-12-7-8-14(16)15(9-12)21(19,20)18(3)13-5-4-6-13/h7-9,11,13,17H,4-6,10H2,1-3H3. The van der Waals surface area contributed by atoms with Crippen molar-refractivity contribution in [3.63, 3.8) is 0 Å². The summed E-state index contributed by atoms with van der Waals surface area (Å²) >= 11 is 0. The normalized spacial score (nSPS) is 16.5. The van der Waals surface area contributed by atoms with Gasteiger partial charge in [0.2, 0.25) is 10.0 Å². The Bertz CT molecular complexity index is 598. The molecule has 0 aromatic heterocycles. The molecule has 4 nitrogen and oxygen atoms in total. The predicted molar refractivity (Wildman–Crippen MR) is 81.0 cm³/mol. The van der Waals surface area contributed by atoms with Crippen molar-refractivity contribution in [3.8, 4) is 0 Å². The maximum absolute atomic E-state index is 14.0. The zero-order chi connectivity index (χ0) is 15.6. The van der Waals surface area contributed by atoms with Crippen LogP contribution < -0.4 is 5.32 Å². The summed E-state index contributed by atoms with van der Waals surface area (Å²) in [5.41, 5.74) is 0.769. The number of halogens is 1. The van der Waals surface area contributed by atoms with E-state index in [0.717, 1.165) is 24.8 Å². The molecule has 1 fully saturated rings. The number of sulfonamides is 1. The lowest BCUT2D eigenvalue weighted by Crippen LogP contribution is -2.41. The fraction of sp³-hybridized carbons (Fsp3) is 0.600. The second-order valence-corrected chi connectivity index (χ2v) is 7.87. The van der Waals surface area contributed by atoms with E-state index in [2.05, 4.69) is 5.32 Å². The molecule has 0 atom stereocenters. The Kier molecular flexibility index (Phi) is 5.01. The van der Waals surface area contributed by atoms with Crippen LogP contribution in [-0.2, 0) is 16.6 Å². The third-order valence-electron chi connectivity index (χ3n) is 3.96. The molecule has 2 rings (SSSR count). The molecule has 0 amide bonds. The fourth-order valence-corrected chi connectivity index (χ4v) is 3.81. The maximum atomic E-state index is 14.0. The van der Waals surface area contributed by atoms with Gasteiger partial charge in [0.1, 0.15) is 10.7 Å². The molecule has 1 aliphatic carbocycles. The molecule has 0 unspecified atom stereocenters. The second kappa shape index (κ2) is 6.42. The second-order valence-electron chi connectivity index (χ2n) is 5.91. The van der Waals surface area contributed by atoms with Crippen LogP contribution >= 0.6 is 0 Å². The van der Waals surface area contributed by atoms with Crippen molar-refractivity contribution < 1.29 is 12.8 Å². The Morgan fingerprint density at radius 2 is 2.05 bits per heavy atom. The van der Waals surface area contributed by atoms with Gasteiger partial charge in [0.05, 0.1) is 0 Å². The summed E-state index contributed by atoms with van der Waals surface area (Å²) in [6.07, 6.45) is 2.74. The first-order valence-electron chi connectivity index (χ1n) is 7.32. The van der Waals surface area contributed by atoms with Crippen LogP contribution in [-0.4, -0.2) is 31.9 Å². The SMILES string of the molecule is CC(C)NCc1ccc(F)c(S(=O)(=O)N(C)C2CCC2)c1. The highest BCUT2D eigenvalue weighted by Crippen LogP contribution is 2.29. The van der Waals surface area contributed by atoms with Crippen molar-refractivity contribution in [3.05, 3.63) is 29.6 Å². The summed E-state index contributed by atoms with van der Waals surface area (Å²) < 4.78 is 40.4. The third-order valence-corrected chi connectivity index (χ3v) is 5.88. The summed E-state index contributed by atoms with van der Waals surface area (Å²) in [5.74, 6) is -0.686. The van der Waals surface area contributed by atoms with Gasteiger partial charge in [0.25, 0.3) is 0 Å². The number of hydrogen-bond donors (Lipinski definition) is 1. The Morgan fingerprint density at radius 1 is 1.38 bits per heavy atom. The van der Waals surface area contributed by atoms with Gasteiger partial charge >= 0.3 is 0 Å². The van der Waals surface area contributed by atoms with Crippen molar-refractivity contribution in [2.75, 3.05) is 7.05 Å². The lowest BCUT2D eigenvalue weighted by molar-refractivity contribution is 0.249. The molecule has 1 aromatic rings. The maximum Gasteiger partial charge on any atom is 0.245 e. The molecule has 1 aliphatic rings. The Labute approximate surface area is 126 Å². The minimum absolute atomic E-state index is 0.00634. The van der Waals surface area contributed by atoms with Gasteiger partial charge in [-0.2, -0.15) is 4.31 Å². The molecule has 0 spiro atoms. The highest BCUT2D eigenvalue weighted by molar-refractivity contribution is 7.89. The molecule has 0 aliphatic heterocycles. The van der Waals surface area contributed by atoms with Gasteiger partial charge in [-0.25, -0.2) is 12.8 Å². The van der Waals surface area contributed by atoms with Crippen molar-refractivity contribution in [2.24, 2.45) is 0 Å². The molecule has 0 bridgehead atoms. The largest absolute Gasteiger partial charge is 0.310 e. The van der Waals surface area contributed by atoms with Crippen LogP contribution in [0.15, 0.2) is 23.1 Å². The number of nitrogens with zero attached hydrogens (tertiary/aromatic N) is 1. The van der Waals surface area contributed by atoms with Crippen molar-refractivity contribution >= 4 is 10.0 Å². The van der Waals surface area contributed by atoms with E-state index in [1.807, 2.05) is 13.8 Å². The predicted octanol–water partition coefficient (Wildman–Crippen LogP) is 2.50. The van der Waals surface area contributed by atoms with E-state index in [9.17, 15) is 12.8 Å². The monoisotopic (exact) mass is 314 g/mol. The van der Waals surface area contributed by atoms with E-state index in [0.29, 0.717) is 6.54 Å². The van der Waals surface area contributed by atoms with Crippen LogP contribution in [0, 0.1) is 5.82 Å². The highest BCUT2D eigenvalue weighted by atomic mass is 32.2. The van der Waals surface area contributed by atoms with E-state index < -0.39 is 15.8 Å². The fourth-order valence-electron chi connectivity index (χ4n) is 2.28. The van der Waals surface area contributed by atoms with Crippen LogP contribution in [0.3, 0.4) is 0 Å². The molecule has 1 N–H and O–H groups in total. The first-order valence-corrected chi connectivity index (χ1v) is 8.76. The van der Waals surface area contributed by atoms with Crippen molar-refractivity contribution in [2.45, 2.75) is 56.6 Å². The molecule has 1 saturated carbocycles. The van der Waals surface area contributed by atoms with Gasteiger partial charge in [-0.15, -0.1) is 0 Å². The molecule has 118 valence electrons. The number of rotatable bonds is 6. The molecule has 1 aromatic carbocycles. The first-order chi connectivity index (χ1) is 9.82. The lowest BCUT2D eigenvalue weighted by atomic mass is 9.94. The average Bonchev–Trinajstić information content (AvgIpc) is 2.35. The van der Waals surface area contributed by atoms with Crippen LogP contribution in [0.5, 0.6) is 0 Å². The lowest BCUT2D eigenvalue weighted by Gasteiger charge is -2.33. The van der Waals surface area contributed by atoms with Gasteiger partial charge in [0, 0.05) is 25.7 Å².